The van der Waals surface area contributed by atoms with E-state index >= 15 is 0 Å². The highest BCUT2D eigenvalue weighted by molar-refractivity contribution is 7.91. The summed E-state index contributed by atoms with van der Waals surface area (Å²) in [5, 5.41) is 5.93. The quantitative estimate of drug-likeness (QED) is 0.683. The van der Waals surface area contributed by atoms with Crippen molar-refractivity contribution in [1.29, 1.82) is 0 Å². The van der Waals surface area contributed by atoms with E-state index in [9.17, 15) is 8.42 Å². The Labute approximate surface area is 162 Å². The second-order valence-corrected chi connectivity index (χ2v) is 9.54. The van der Waals surface area contributed by atoms with Crippen molar-refractivity contribution in [2.75, 3.05) is 13.1 Å². The SMILES string of the molecule is O=S(=O)(NC1CCN(Cc2cc(-c3ccccc3)no2)CC1)c1cccs1. The summed E-state index contributed by atoms with van der Waals surface area (Å²) >= 11 is 1.24. The van der Waals surface area contributed by atoms with Gasteiger partial charge in [0.1, 0.15) is 9.90 Å². The number of aromatic nitrogens is 1. The van der Waals surface area contributed by atoms with Crippen LogP contribution in [0.5, 0.6) is 0 Å². The monoisotopic (exact) mass is 403 g/mol. The lowest BCUT2D eigenvalue weighted by Gasteiger charge is -2.31. The van der Waals surface area contributed by atoms with E-state index in [2.05, 4.69) is 14.8 Å². The number of rotatable bonds is 6. The summed E-state index contributed by atoms with van der Waals surface area (Å²) in [6, 6.07) is 15.3. The van der Waals surface area contributed by atoms with Gasteiger partial charge >= 0.3 is 0 Å². The van der Waals surface area contributed by atoms with Crippen LogP contribution in [0, 0.1) is 0 Å². The van der Waals surface area contributed by atoms with Crippen molar-refractivity contribution in [3.05, 3.63) is 59.7 Å². The number of hydrogen-bond acceptors (Lipinski definition) is 6. The van der Waals surface area contributed by atoms with Crippen LogP contribution in [0.1, 0.15) is 18.6 Å². The van der Waals surface area contributed by atoms with Crippen LogP contribution in [-0.2, 0) is 16.6 Å². The van der Waals surface area contributed by atoms with E-state index in [1.54, 1.807) is 17.5 Å². The minimum absolute atomic E-state index is 0.0250. The summed E-state index contributed by atoms with van der Waals surface area (Å²) in [5.41, 5.74) is 1.87. The Balaban J connectivity index is 1.31. The van der Waals surface area contributed by atoms with Gasteiger partial charge in [0.15, 0.2) is 5.76 Å². The largest absolute Gasteiger partial charge is 0.359 e. The first-order valence-corrected chi connectivity index (χ1v) is 11.3. The number of sulfonamides is 1. The average molecular weight is 404 g/mol. The third kappa shape index (κ3) is 4.47. The molecule has 0 aliphatic carbocycles. The third-order valence-electron chi connectivity index (χ3n) is 4.68. The van der Waals surface area contributed by atoms with Crippen LogP contribution in [0.2, 0.25) is 0 Å². The van der Waals surface area contributed by atoms with Gasteiger partial charge in [0.25, 0.3) is 0 Å². The lowest BCUT2D eigenvalue weighted by molar-refractivity contribution is 0.180. The van der Waals surface area contributed by atoms with Crippen LogP contribution in [0.25, 0.3) is 11.3 Å². The van der Waals surface area contributed by atoms with E-state index in [0.29, 0.717) is 10.8 Å². The Hall–Kier alpha value is -2.00. The molecule has 0 saturated carbocycles. The molecule has 1 aromatic carbocycles. The maximum absolute atomic E-state index is 12.3. The molecule has 1 aliphatic rings. The summed E-state index contributed by atoms with van der Waals surface area (Å²) in [7, 11) is -3.40. The van der Waals surface area contributed by atoms with Gasteiger partial charge in [0, 0.05) is 30.8 Å². The normalized spacial score (nSPS) is 16.6. The number of piperidine rings is 1. The zero-order chi connectivity index (χ0) is 18.7. The van der Waals surface area contributed by atoms with Crippen LogP contribution in [0.4, 0.5) is 0 Å². The molecule has 6 nitrogen and oxygen atoms in total. The maximum atomic E-state index is 12.3. The van der Waals surface area contributed by atoms with Crippen molar-refractivity contribution in [2.45, 2.75) is 29.6 Å². The molecular weight excluding hydrogens is 382 g/mol. The fourth-order valence-electron chi connectivity index (χ4n) is 3.26. The zero-order valence-corrected chi connectivity index (χ0v) is 16.4. The van der Waals surface area contributed by atoms with E-state index in [-0.39, 0.29) is 6.04 Å². The third-order valence-corrected chi connectivity index (χ3v) is 7.60. The summed E-state index contributed by atoms with van der Waals surface area (Å²) < 4.78 is 33.3. The van der Waals surface area contributed by atoms with Crippen LogP contribution >= 0.6 is 11.3 Å². The molecule has 1 saturated heterocycles. The average Bonchev–Trinajstić information content (AvgIpc) is 3.36. The Bertz CT molecular complexity index is 961. The van der Waals surface area contributed by atoms with Gasteiger partial charge in [0.05, 0.1) is 6.54 Å². The van der Waals surface area contributed by atoms with Crippen molar-refractivity contribution in [2.24, 2.45) is 0 Å². The molecule has 0 bridgehead atoms. The standard InChI is InChI=1S/C19H21N3O3S2/c23-27(24,19-7-4-12-26-19)21-16-8-10-22(11-9-16)14-17-13-18(20-25-17)15-5-2-1-3-6-15/h1-7,12-13,16,21H,8-11,14H2. The molecule has 0 spiro atoms. The summed E-state index contributed by atoms with van der Waals surface area (Å²) in [6.45, 7) is 2.32. The molecular formula is C19H21N3O3S2. The first kappa shape index (κ1) is 18.4. The van der Waals surface area contributed by atoms with E-state index in [1.807, 2.05) is 36.4 Å². The lowest BCUT2D eigenvalue weighted by atomic mass is 10.1. The fraction of sp³-hybridized carbons (Fsp3) is 0.316. The van der Waals surface area contributed by atoms with Gasteiger partial charge < -0.3 is 4.52 Å². The Morgan fingerprint density at radius 1 is 1.15 bits per heavy atom. The number of hydrogen-bond donors (Lipinski definition) is 1. The molecule has 142 valence electrons. The van der Waals surface area contributed by atoms with Crippen LogP contribution in [0.15, 0.2) is 62.6 Å². The number of nitrogens with one attached hydrogen (secondary N) is 1. The highest BCUT2D eigenvalue weighted by Gasteiger charge is 2.25. The van der Waals surface area contributed by atoms with Gasteiger partial charge in [-0.1, -0.05) is 41.6 Å². The summed E-state index contributed by atoms with van der Waals surface area (Å²) in [6.07, 6.45) is 1.56. The predicted molar refractivity (Wildman–Crippen MR) is 105 cm³/mol. The zero-order valence-electron chi connectivity index (χ0n) is 14.7. The van der Waals surface area contributed by atoms with Gasteiger partial charge in [-0.25, -0.2) is 13.1 Å². The van der Waals surface area contributed by atoms with E-state index < -0.39 is 10.0 Å². The van der Waals surface area contributed by atoms with E-state index in [0.717, 1.165) is 42.9 Å². The smallest absolute Gasteiger partial charge is 0.250 e. The first-order chi connectivity index (χ1) is 13.1. The topological polar surface area (TPSA) is 75.4 Å². The van der Waals surface area contributed by atoms with Gasteiger partial charge in [-0.15, -0.1) is 11.3 Å². The van der Waals surface area contributed by atoms with Gasteiger partial charge in [0.2, 0.25) is 10.0 Å². The Morgan fingerprint density at radius 3 is 2.63 bits per heavy atom. The number of benzene rings is 1. The van der Waals surface area contributed by atoms with Crippen molar-refractivity contribution in [3.8, 4) is 11.3 Å². The number of nitrogens with zero attached hydrogens (tertiary/aromatic N) is 2. The molecule has 27 heavy (non-hydrogen) atoms. The van der Waals surface area contributed by atoms with E-state index in [4.69, 9.17) is 4.52 Å². The molecule has 8 heteroatoms. The lowest BCUT2D eigenvalue weighted by Crippen LogP contribution is -2.44. The van der Waals surface area contributed by atoms with Crippen LogP contribution < -0.4 is 4.72 Å². The molecule has 4 rings (SSSR count). The summed E-state index contributed by atoms with van der Waals surface area (Å²) in [4.78, 5) is 2.27. The minimum Gasteiger partial charge on any atom is -0.359 e. The van der Waals surface area contributed by atoms with E-state index in [1.165, 1.54) is 11.3 Å². The predicted octanol–water partition coefficient (Wildman–Crippen LogP) is 3.35. The fourth-order valence-corrected chi connectivity index (χ4v) is 5.57. The molecule has 1 N–H and O–H groups in total. The highest BCUT2D eigenvalue weighted by Crippen LogP contribution is 2.22. The molecule has 0 amide bonds. The van der Waals surface area contributed by atoms with Crippen molar-refractivity contribution in [1.82, 2.24) is 14.8 Å². The maximum Gasteiger partial charge on any atom is 0.250 e. The molecule has 1 fully saturated rings. The van der Waals surface area contributed by atoms with Gasteiger partial charge in [-0.05, 0) is 24.3 Å². The van der Waals surface area contributed by atoms with Gasteiger partial charge in [-0.2, -0.15) is 0 Å². The summed E-state index contributed by atoms with van der Waals surface area (Å²) in [5.74, 6) is 0.825. The second kappa shape index (κ2) is 7.93. The molecule has 3 heterocycles. The molecule has 0 unspecified atom stereocenters. The molecule has 0 atom stereocenters. The molecule has 3 aromatic rings. The second-order valence-electron chi connectivity index (χ2n) is 6.65. The minimum atomic E-state index is -3.40. The molecule has 2 aromatic heterocycles. The van der Waals surface area contributed by atoms with Crippen LogP contribution in [0.3, 0.4) is 0 Å². The van der Waals surface area contributed by atoms with Gasteiger partial charge in [-0.3, -0.25) is 4.90 Å². The van der Waals surface area contributed by atoms with Crippen molar-refractivity contribution >= 4 is 21.4 Å². The Kier molecular flexibility index (Phi) is 5.40. The highest BCUT2D eigenvalue weighted by atomic mass is 32.2. The van der Waals surface area contributed by atoms with Crippen LogP contribution in [-0.4, -0.2) is 37.6 Å². The van der Waals surface area contributed by atoms with Crippen molar-refractivity contribution < 1.29 is 12.9 Å². The first-order valence-electron chi connectivity index (χ1n) is 8.89. The molecule has 1 aliphatic heterocycles. The number of thiophene rings is 1. The molecule has 0 radical (unpaired) electrons. The number of likely N-dealkylation sites (tertiary alicyclic amines) is 1. The Morgan fingerprint density at radius 2 is 1.93 bits per heavy atom. The van der Waals surface area contributed by atoms with Crippen molar-refractivity contribution in [3.63, 3.8) is 0 Å².